The molecule has 1 atom stereocenters. The summed E-state index contributed by atoms with van der Waals surface area (Å²) in [4.78, 5) is 21.4. The lowest BCUT2D eigenvalue weighted by Crippen LogP contribution is -2.54. The topological polar surface area (TPSA) is 60.0 Å². The first-order valence-electron chi connectivity index (χ1n) is 9.72. The molecule has 2 fully saturated rings. The second-order valence-corrected chi connectivity index (χ2v) is 8.04. The average Bonchev–Trinajstić information content (AvgIpc) is 3.27. The van der Waals surface area contributed by atoms with Crippen molar-refractivity contribution in [2.45, 2.75) is 38.6 Å². The number of hydrogen-bond donors (Lipinski definition) is 2. The minimum atomic E-state index is 0.172. The highest BCUT2D eigenvalue weighted by atomic mass is 32.1. The van der Waals surface area contributed by atoms with E-state index < -0.39 is 0 Å². The second-order valence-electron chi connectivity index (χ2n) is 7.26. The standard InChI is InChI=1S/C19H31N5OS/c1-3-20-19(21-12-15(2)16-6-11-26-14-16)24-9-7-23(8-10-24)13-18(25)22-17-4-5-17/h6,11,14-15,17H,3-5,7-10,12-13H2,1-2H3,(H,20,21)(H,22,25). The summed E-state index contributed by atoms with van der Waals surface area (Å²) < 4.78 is 0. The first-order valence-corrected chi connectivity index (χ1v) is 10.7. The van der Waals surface area contributed by atoms with Crippen LogP contribution in [-0.4, -0.2) is 73.5 Å². The second kappa shape index (κ2) is 9.37. The third-order valence-corrected chi connectivity index (χ3v) is 5.64. The molecule has 1 unspecified atom stereocenters. The van der Waals surface area contributed by atoms with Crippen molar-refractivity contribution in [1.82, 2.24) is 20.4 Å². The molecule has 3 rings (SSSR count). The molecule has 2 aliphatic rings. The molecule has 1 amide bonds. The van der Waals surface area contributed by atoms with Crippen LogP contribution in [0, 0.1) is 0 Å². The molecular weight excluding hydrogens is 346 g/mol. The summed E-state index contributed by atoms with van der Waals surface area (Å²) in [7, 11) is 0. The first-order chi connectivity index (χ1) is 12.7. The maximum atomic E-state index is 12.0. The third-order valence-electron chi connectivity index (χ3n) is 4.94. The van der Waals surface area contributed by atoms with E-state index in [0.717, 1.165) is 58.1 Å². The molecule has 26 heavy (non-hydrogen) atoms. The van der Waals surface area contributed by atoms with Crippen molar-refractivity contribution in [2.24, 2.45) is 4.99 Å². The Bertz CT molecular complexity index is 591. The van der Waals surface area contributed by atoms with Crippen molar-refractivity contribution in [1.29, 1.82) is 0 Å². The van der Waals surface area contributed by atoms with Gasteiger partial charge in [-0.15, -0.1) is 0 Å². The van der Waals surface area contributed by atoms with Gasteiger partial charge in [0.2, 0.25) is 5.91 Å². The van der Waals surface area contributed by atoms with Crippen LogP contribution in [0.1, 0.15) is 38.2 Å². The summed E-state index contributed by atoms with van der Waals surface area (Å²) in [5.41, 5.74) is 1.36. The molecular formula is C19H31N5OS. The van der Waals surface area contributed by atoms with Gasteiger partial charge in [-0.1, -0.05) is 6.92 Å². The number of nitrogens with one attached hydrogen (secondary N) is 2. The predicted molar refractivity (Wildman–Crippen MR) is 108 cm³/mol. The molecule has 0 spiro atoms. The Kier molecular flexibility index (Phi) is 6.91. The van der Waals surface area contributed by atoms with Gasteiger partial charge in [0.05, 0.1) is 6.54 Å². The Balaban J connectivity index is 1.47. The summed E-state index contributed by atoms with van der Waals surface area (Å²) in [5.74, 6) is 1.60. The van der Waals surface area contributed by atoms with Gasteiger partial charge in [-0.05, 0) is 42.2 Å². The van der Waals surface area contributed by atoms with Gasteiger partial charge < -0.3 is 15.5 Å². The molecule has 1 aromatic heterocycles. The van der Waals surface area contributed by atoms with Crippen molar-refractivity contribution < 1.29 is 4.79 Å². The zero-order valence-corrected chi connectivity index (χ0v) is 16.7. The fourth-order valence-corrected chi connectivity index (χ4v) is 3.91. The molecule has 2 N–H and O–H groups in total. The highest BCUT2D eigenvalue weighted by Gasteiger charge is 2.26. The molecule has 1 aromatic rings. The summed E-state index contributed by atoms with van der Waals surface area (Å²) in [6.07, 6.45) is 2.29. The minimum Gasteiger partial charge on any atom is -0.357 e. The molecule has 2 heterocycles. The summed E-state index contributed by atoms with van der Waals surface area (Å²) in [5, 5.41) is 10.8. The van der Waals surface area contributed by atoms with Crippen LogP contribution in [0.3, 0.4) is 0 Å². The Hall–Kier alpha value is -1.60. The lowest BCUT2D eigenvalue weighted by atomic mass is 10.1. The van der Waals surface area contributed by atoms with Gasteiger partial charge in [0.15, 0.2) is 5.96 Å². The smallest absolute Gasteiger partial charge is 0.234 e. The lowest BCUT2D eigenvalue weighted by Gasteiger charge is -2.36. The Morgan fingerprint density at radius 2 is 2.12 bits per heavy atom. The van der Waals surface area contributed by atoms with Gasteiger partial charge in [0.1, 0.15) is 0 Å². The molecule has 0 aromatic carbocycles. The van der Waals surface area contributed by atoms with Crippen LogP contribution in [0.25, 0.3) is 0 Å². The first kappa shape index (κ1) is 19.2. The number of rotatable bonds is 7. The van der Waals surface area contributed by atoms with Crippen molar-refractivity contribution >= 4 is 23.2 Å². The van der Waals surface area contributed by atoms with Crippen molar-refractivity contribution in [2.75, 3.05) is 45.8 Å². The molecule has 7 heteroatoms. The van der Waals surface area contributed by atoms with Crippen LogP contribution in [-0.2, 0) is 4.79 Å². The number of piperazine rings is 1. The fraction of sp³-hybridized carbons (Fsp3) is 0.684. The summed E-state index contributed by atoms with van der Waals surface area (Å²) >= 11 is 1.74. The van der Waals surface area contributed by atoms with Crippen molar-refractivity contribution in [3.8, 4) is 0 Å². The lowest BCUT2D eigenvalue weighted by molar-refractivity contribution is -0.122. The monoisotopic (exact) mass is 377 g/mol. The van der Waals surface area contributed by atoms with Crippen LogP contribution < -0.4 is 10.6 Å². The van der Waals surface area contributed by atoms with Gasteiger partial charge >= 0.3 is 0 Å². The van der Waals surface area contributed by atoms with E-state index in [1.54, 1.807) is 11.3 Å². The van der Waals surface area contributed by atoms with Gasteiger partial charge in [-0.3, -0.25) is 14.7 Å². The number of hydrogen-bond acceptors (Lipinski definition) is 4. The zero-order valence-electron chi connectivity index (χ0n) is 15.9. The zero-order chi connectivity index (χ0) is 18.4. The largest absolute Gasteiger partial charge is 0.357 e. The molecule has 1 aliphatic heterocycles. The van der Waals surface area contributed by atoms with E-state index in [1.807, 2.05) is 0 Å². The molecule has 0 radical (unpaired) electrons. The van der Waals surface area contributed by atoms with Crippen molar-refractivity contribution in [3.05, 3.63) is 22.4 Å². The van der Waals surface area contributed by atoms with Crippen molar-refractivity contribution in [3.63, 3.8) is 0 Å². The van der Waals surface area contributed by atoms with Gasteiger partial charge in [-0.25, -0.2) is 0 Å². The van der Waals surface area contributed by atoms with Crippen LogP contribution in [0.4, 0.5) is 0 Å². The summed E-state index contributed by atoms with van der Waals surface area (Å²) in [6.45, 7) is 10.2. The van der Waals surface area contributed by atoms with E-state index in [2.05, 4.69) is 51.1 Å². The molecule has 1 saturated carbocycles. The van der Waals surface area contributed by atoms with Crippen LogP contribution in [0.2, 0.25) is 0 Å². The number of amides is 1. The number of carbonyl (C=O) groups is 1. The predicted octanol–water partition coefficient (Wildman–Crippen LogP) is 1.71. The van der Waals surface area contributed by atoms with Gasteiger partial charge in [0.25, 0.3) is 0 Å². The maximum Gasteiger partial charge on any atom is 0.234 e. The quantitative estimate of drug-likeness (QED) is 0.561. The average molecular weight is 378 g/mol. The number of guanidine groups is 1. The van der Waals surface area contributed by atoms with Gasteiger partial charge in [0, 0.05) is 51.2 Å². The minimum absolute atomic E-state index is 0.172. The van der Waals surface area contributed by atoms with E-state index in [0.29, 0.717) is 18.5 Å². The molecule has 0 bridgehead atoms. The Labute approximate surface area is 160 Å². The fourth-order valence-electron chi connectivity index (χ4n) is 3.13. The highest BCUT2D eigenvalue weighted by Crippen LogP contribution is 2.19. The van der Waals surface area contributed by atoms with Crippen LogP contribution >= 0.6 is 11.3 Å². The SMILES string of the molecule is CCNC(=NCC(C)c1ccsc1)N1CCN(CC(=O)NC2CC2)CC1. The highest BCUT2D eigenvalue weighted by molar-refractivity contribution is 7.07. The third kappa shape index (κ3) is 5.71. The number of thiophene rings is 1. The number of carbonyl (C=O) groups excluding carboxylic acids is 1. The Morgan fingerprint density at radius 3 is 2.73 bits per heavy atom. The van der Waals surface area contributed by atoms with E-state index in [9.17, 15) is 4.79 Å². The summed E-state index contributed by atoms with van der Waals surface area (Å²) in [6, 6.07) is 2.63. The normalized spacial score (nSPS) is 20.1. The van der Waals surface area contributed by atoms with Gasteiger partial charge in [-0.2, -0.15) is 11.3 Å². The number of aliphatic imine (C=N–C) groups is 1. The Morgan fingerprint density at radius 1 is 1.35 bits per heavy atom. The van der Waals surface area contributed by atoms with E-state index in [1.165, 1.54) is 5.56 Å². The van der Waals surface area contributed by atoms with E-state index in [4.69, 9.17) is 4.99 Å². The molecule has 6 nitrogen and oxygen atoms in total. The van der Waals surface area contributed by atoms with E-state index in [-0.39, 0.29) is 5.91 Å². The van der Waals surface area contributed by atoms with Crippen LogP contribution in [0.5, 0.6) is 0 Å². The molecule has 1 aliphatic carbocycles. The number of nitrogens with zero attached hydrogens (tertiary/aromatic N) is 3. The molecule has 144 valence electrons. The van der Waals surface area contributed by atoms with E-state index >= 15 is 0 Å². The van der Waals surface area contributed by atoms with Crippen LogP contribution in [0.15, 0.2) is 21.8 Å². The molecule has 1 saturated heterocycles. The maximum absolute atomic E-state index is 12.0.